The number of nitrogens with zero attached hydrogens (tertiary/aromatic N) is 3. The Balaban J connectivity index is 1.70. The fraction of sp³-hybridized carbons (Fsp3) is 0.389. The molecule has 1 N–H and O–H groups in total. The van der Waals surface area contributed by atoms with E-state index in [1.807, 2.05) is 0 Å². The fourth-order valence-corrected chi connectivity index (χ4v) is 3.09. The Morgan fingerprint density at radius 1 is 1.19 bits per heavy atom. The number of amides is 1. The molecule has 0 bridgehead atoms. The van der Waals surface area contributed by atoms with Crippen LogP contribution in [0.4, 0.5) is 24.7 Å². The van der Waals surface area contributed by atoms with Gasteiger partial charge >= 0.3 is 6.18 Å². The maximum Gasteiger partial charge on any atom is 0.417 e. The lowest BCUT2D eigenvalue weighted by atomic mass is 9.99. The largest absolute Gasteiger partial charge is 0.417 e. The second-order valence-corrected chi connectivity index (χ2v) is 7.00. The summed E-state index contributed by atoms with van der Waals surface area (Å²) >= 11 is 5.57. The van der Waals surface area contributed by atoms with Crippen LogP contribution in [0, 0.1) is 5.92 Å². The zero-order chi connectivity index (χ0) is 19.6. The minimum absolute atomic E-state index is 0.0207. The minimum Gasteiger partial charge on any atom is -0.355 e. The molecule has 0 aliphatic carbocycles. The molecule has 144 valence electrons. The van der Waals surface area contributed by atoms with Gasteiger partial charge in [-0.3, -0.25) is 4.79 Å². The molecule has 0 atom stereocenters. The van der Waals surface area contributed by atoms with Crippen molar-refractivity contribution in [3.05, 3.63) is 46.6 Å². The first kappa shape index (κ1) is 19.4. The van der Waals surface area contributed by atoms with Crippen molar-refractivity contribution in [2.45, 2.75) is 25.9 Å². The van der Waals surface area contributed by atoms with Gasteiger partial charge in [0.05, 0.1) is 10.6 Å². The van der Waals surface area contributed by atoms with E-state index in [1.165, 1.54) is 12.1 Å². The number of benzene rings is 1. The van der Waals surface area contributed by atoms with Gasteiger partial charge in [-0.05, 0) is 49.1 Å². The molecule has 1 amide bonds. The van der Waals surface area contributed by atoms with Crippen molar-refractivity contribution >= 4 is 29.0 Å². The smallest absolute Gasteiger partial charge is 0.355 e. The third kappa shape index (κ3) is 4.68. The van der Waals surface area contributed by atoms with Crippen molar-refractivity contribution in [3.63, 3.8) is 0 Å². The van der Waals surface area contributed by atoms with Crippen LogP contribution in [0.15, 0.2) is 30.3 Å². The third-order valence-corrected chi connectivity index (χ3v) is 4.85. The van der Waals surface area contributed by atoms with Crippen LogP contribution in [0.25, 0.3) is 0 Å². The van der Waals surface area contributed by atoms with Gasteiger partial charge in [0, 0.05) is 18.8 Å². The molecule has 1 aliphatic heterocycles. The lowest BCUT2D eigenvalue weighted by Crippen LogP contribution is -2.33. The van der Waals surface area contributed by atoms with E-state index in [0.29, 0.717) is 11.7 Å². The van der Waals surface area contributed by atoms with E-state index in [1.54, 1.807) is 6.07 Å². The summed E-state index contributed by atoms with van der Waals surface area (Å²) in [7, 11) is 0. The molecule has 0 unspecified atom stereocenters. The summed E-state index contributed by atoms with van der Waals surface area (Å²) in [5.41, 5.74) is -1.01. The van der Waals surface area contributed by atoms with Gasteiger partial charge in [-0.1, -0.05) is 18.5 Å². The number of alkyl halides is 3. The van der Waals surface area contributed by atoms with E-state index in [0.717, 1.165) is 38.1 Å². The number of aromatic nitrogens is 2. The normalized spacial score (nSPS) is 15.7. The molecular formula is C18H18ClF3N4O. The molecule has 27 heavy (non-hydrogen) atoms. The zero-order valence-corrected chi connectivity index (χ0v) is 15.3. The molecule has 1 aliphatic rings. The molecule has 0 radical (unpaired) electrons. The Morgan fingerprint density at radius 2 is 1.89 bits per heavy atom. The summed E-state index contributed by atoms with van der Waals surface area (Å²) < 4.78 is 38.7. The second-order valence-electron chi connectivity index (χ2n) is 6.59. The number of nitrogens with one attached hydrogen (secondary N) is 1. The van der Waals surface area contributed by atoms with Gasteiger partial charge < -0.3 is 10.2 Å². The highest BCUT2D eigenvalue weighted by Gasteiger charge is 2.33. The molecule has 1 fully saturated rings. The maximum atomic E-state index is 12.9. The third-order valence-electron chi connectivity index (χ3n) is 4.52. The second kappa shape index (κ2) is 7.72. The Hall–Kier alpha value is -2.35. The van der Waals surface area contributed by atoms with E-state index < -0.39 is 22.7 Å². The van der Waals surface area contributed by atoms with Crippen LogP contribution in [-0.4, -0.2) is 29.2 Å². The summed E-state index contributed by atoms with van der Waals surface area (Å²) in [6, 6.07) is 6.38. The van der Waals surface area contributed by atoms with Crippen LogP contribution in [0.3, 0.4) is 0 Å². The highest BCUT2D eigenvalue weighted by molar-refractivity contribution is 6.31. The molecule has 1 saturated heterocycles. The topological polar surface area (TPSA) is 58.1 Å². The molecule has 3 rings (SSSR count). The van der Waals surface area contributed by atoms with Crippen LogP contribution in [0.2, 0.25) is 5.02 Å². The van der Waals surface area contributed by atoms with Gasteiger partial charge in [0.25, 0.3) is 5.91 Å². The number of piperidine rings is 1. The van der Waals surface area contributed by atoms with E-state index in [2.05, 4.69) is 27.3 Å². The highest BCUT2D eigenvalue weighted by atomic mass is 35.5. The summed E-state index contributed by atoms with van der Waals surface area (Å²) in [6.45, 7) is 3.97. The van der Waals surface area contributed by atoms with Crippen molar-refractivity contribution in [2.24, 2.45) is 5.92 Å². The van der Waals surface area contributed by atoms with Crippen molar-refractivity contribution in [2.75, 3.05) is 23.3 Å². The quantitative estimate of drug-likeness (QED) is 0.818. The lowest BCUT2D eigenvalue weighted by Gasteiger charge is -2.30. The Kier molecular flexibility index (Phi) is 5.55. The standard InChI is InChI=1S/C18H18ClF3N4O/c1-11-6-8-26(9-7-11)16-5-4-15(24-25-16)17(27)23-12-2-3-14(19)13(10-12)18(20,21)22/h2-5,10-11H,6-9H2,1H3,(H,23,27). The van der Waals surface area contributed by atoms with Gasteiger partial charge in [-0.25, -0.2) is 0 Å². The molecule has 0 saturated carbocycles. The summed E-state index contributed by atoms with van der Waals surface area (Å²) in [4.78, 5) is 14.3. The predicted octanol–water partition coefficient (Wildman–Crippen LogP) is 4.64. The van der Waals surface area contributed by atoms with Gasteiger partial charge in [0.1, 0.15) is 0 Å². The summed E-state index contributed by atoms with van der Waals surface area (Å²) in [5, 5.41) is 9.94. The van der Waals surface area contributed by atoms with Gasteiger partial charge in [-0.15, -0.1) is 10.2 Å². The first-order chi connectivity index (χ1) is 12.7. The van der Waals surface area contributed by atoms with E-state index in [9.17, 15) is 18.0 Å². The maximum absolute atomic E-state index is 12.9. The number of hydrogen-bond donors (Lipinski definition) is 1. The lowest BCUT2D eigenvalue weighted by molar-refractivity contribution is -0.137. The SMILES string of the molecule is CC1CCN(c2ccc(C(=O)Nc3ccc(Cl)c(C(F)(F)F)c3)nn2)CC1. The van der Waals surface area contributed by atoms with Gasteiger partial charge in [-0.2, -0.15) is 13.2 Å². The van der Waals surface area contributed by atoms with Crippen molar-refractivity contribution in [1.29, 1.82) is 0 Å². The monoisotopic (exact) mass is 398 g/mol. The highest BCUT2D eigenvalue weighted by Crippen LogP contribution is 2.36. The van der Waals surface area contributed by atoms with Gasteiger partial charge in [0.2, 0.25) is 0 Å². The predicted molar refractivity (Wildman–Crippen MR) is 97.1 cm³/mol. The van der Waals surface area contributed by atoms with E-state index in [-0.39, 0.29) is 11.4 Å². The average molecular weight is 399 g/mol. The zero-order valence-electron chi connectivity index (χ0n) is 14.6. The molecular weight excluding hydrogens is 381 g/mol. The van der Waals surface area contributed by atoms with Crippen molar-refractivity contribution in [3.8, 4) is 0 Å². The number of hydrogen-bond acceptors (Lipinski definition) is 4. The Labute approximate surface area is 159 Å². The van der Waals surface area contributed by atoms with E-state index in [4.69, 9.17) is 11.6 Å². The number of carbonyl (C=O) groups excluding carboxylic acids is 1. The Morgan fingerprint density at radius 3 is 2.48 bits per heavy atom. The van der Waals surface area contributed by atoms with Crippen LogP contribution in [0.5, 0.6) is 0 Å². The molecule has 2 aromatic rings. The van der Waals surface area contributed by atoms with Crippen molar-refractivity contribution in [1.82, 2.24) is 10.2 Å². The number of anilines is 2. The minimum atomic E-state index is -4.61. The molecule has 9 heteroatoms. The van der Waals surface area contributed by atoms with Gasteiger partial charge in [0.15, 0.2) is 11.5 Å². The number of carbonyl (C=O) groups is 1. The van der Waals surface area contributed by atoms with Crippen LogP contribution in [-0.2, 0) is 6.18 Å². The number of halogens is 4. The van der Waals surface area contributed by atoms with E-state index >= 15 is 0 Å². The van der Waals surface area contributed by atoms with Crippen LogP contribution < -0.4 is 10.2 Å². The van der Waals surface area contributed by atoms with Crippen LogP contribution in [0.1, 0.15) is 35.8 Å². The molecule has 0 spiro atoms. The number of rotatable bonds is 3. The Bertz CT molecular complexity index is 818. The molecule has 5 nitrogen and oxygen atoms in total. The van der Waals surface area contributed by atoms with Crippen molar-refractivity contribution < 1.29 is 18.0 Å². The van der Waals surface area contributed by atoms with Crippen LogP contribution >= 0.6 is 11.6 Å². The fourth-order valence-electron chi connectivity index (χ4n) is 2.87. The first-order valence-corrected chi connectivity index (χ1v) is 8.88. The molecule has 1 aromatic carbocycles. The molecule has 2 heterocycles. The first-order valence-electron chi connectivity index (χ1n) is 8.51. The summed E-state index contributed by atoms with van der Waals surface area (Å²) in [5.74, 6) is 0.723. The molecule has 1 aromatic heterocycles. The average Bonchev–Trinajstić information content (AvgIpc) is 2.63. The summed E-state index contributed by atoms with van der Waals surface area (Å²) in [6.07, 6.45) is -2.46.